The van der Waals surface area contributed by atoms with Crippen LogP contribution in [0.15, 0.2) is 24.5 Å². The van der Waals surface area contributed by atoms with Gasteiger partial charge in [0.1, 0.15) is 0 Å². The largest absolute Gasteiger partial charge is 0.349 e. The second kappa shape index (κ2) is 4.60. The van der Waals surface area contributed by atoms with Crippen LogP contribution in [0, 0.1) is 0 Å². The third kappa shape index (κ3) is 3.23. The third-order valence-electron chi connectivity index (χ3n) is 1.85. The van der Waals surface area contributed by atoms with Crippen molar-refractivity contribution in [2.75, 3.05) is 14.1 Å². The molecule has 1 heterocycles. The zero-order valence-corrected chi connectivity index (χ0v) is 8.03. The van der Waals surface area contributed by atoms with Gasteiger partial charge >= 0.3 is 0 Å². The number of aryl methyl sites for hydroxylation is 1. The first-order chi connectivity index (χ1) is 6.20. The zero-order valence-electron chi connectivity index (χ0n) is 8.03. The van der Waals surface area contributed by atoms with Crippen molar-refractivity contribution in [2.24, 2.45) is 0 Å². The average molecular weight is 178 g/mol. The molecule has 0 aromatic carbocycles. The first kappa shape index (κ1) is 9.71. The van der Waals surface area contributed by atoms with E-state index in [0.717, 1.165) is 12.0 Å². The molecule has 13 heavy (non-hydrogen) atoms. The molecule has 70 valence electrons. The summed E-state index contributed by atoms with van der Waals surface area (Å²) in [7, 11) is 3.54. The van der Waals surface area contributed by atoms with E-state index in [-0.39, 0.29) is 5.91 Å². The Morgan fingerprint density at radius 2 is 2.31 bits per heavy atom. The van der Waals surface area contributed by atoms with Crippen LogP contribution in [0.4, 0.5) is 0 Å². The summed E-state index contributed by atoms with van der Waals surface area (Å²) >= 11 is 0. The summed E-state index contributed by atoms with van der Waals surface area (Å²) in [5.41, 5.74) is 1.11. The van der Waals surface area contributed by atoms with Crippen molar-refractivity contribution in [2.45, 2.75) is 12.8 Å². The van der Waals surface area contributed by atoms with Crippen LogP contribution in [-0.4, -0.2) is 29.9 Å². The smallest absolute Gasteiger partial charge is 0.222 e. The zero-order chi connectivity index (χ0) is 9.68. The summed E-state index contributed by atoms with van der Waals surface area (Å²) in [6.07, 6.45) is 4.85. The predicted octanol–water partition coefficient (Wildman–Crippen LogP) is 1.10. The van der Waals surface area contributed by atoms with Crippen LogP contribution in [-0.2, 0) is 11.2 Å². The number of rotatable bonds is 3. The van der Waals surface area contributed by atoms with E-state index in [1.165, 1.54) is 0 Å². The number of nitrogens with zero attached hydrogens (tertiary/aromatic N) is 2. The number of carbonyl (C=O) groups is 1. The molecule has 1 amide bonds. The van der Waals surface area contributed by atoms with Crippen LogP contribution >= 0.6 is 0 Å². The predicted molar refractivity (Wildman–Crippen MR) is 51.3 cm³/mol. The Morgan fingerprint density at radius 3 is 2.85 bits per heavy atom. The second-order valence-electron chi connectivity index (χ2n) is 3.15. The SMILES string of the molecule is CN(C)C(=O)CCc1cccnc1. The van der Waals surface area contributed by atoms with Crippen molar-refractivity contribution in [3.8, 4) is 0 Å². The van der Waals surface area contributed by atoms with Gasteiger partial charge in [0.15, 0.2) is 0 Å². The fraction of sp³-hybridized carbons (Fsp3) is 0.400. The number of carbonyl (C=O) groups excluding carboxylic acids is 1. The lowest BCUT2D eigenvalue weighted by Crippen LogP contribution is -2.21. The maximum Gasteiger partial charge on any atom is 0.222 e. The van der Waals surface area contributed by atoms with Crippen LogP contribution in [0.25, 0.3) is 0 Å². The molecule has 1 rings (SSSR count). The Morgan fingerprint density at radius 1 is 1.54 bits per heavy atom. The van der Waals surface area contributed by atoms with Gasteiger partial charge in [-0.15, -0.1) is 0 Å². The molecule has 0 saturated heterocycles. The highest BCUT2D eigenvalue weighted by Gasteiger charge is 2.03. The Balaban J connectivity index is 2.40. The lowest BCUT2D eigenvalue weighted by Gasteiger charge is -2.09. The molecule has 3 nitrogen and oxygen atoms in total. The molecule has 3 heteroatoms. The maximum atomic E-state index is 11.2. The van der Waals surface area contributed by atoms with Crippen LogP contribution in [0.3, 0.4) is 0 Å². The quantitative estimate of drug-likeness (QED) is 0.694. The van der Waals surface area contributed by atoms with Gasteiger partial charge in [0.25, 0.3) is 0 Å². The van der Waals surface area contributed by atoms with Gasteiger partial charge < -0.3 is 4.90 Å². The molecule has 0 spiro atoms. The van der Waals surface area contributed by atoms with Gasteiger partial charge in [-0.25, -0.2) is 0 Å². The van der Waals surface area contributed by atoms with Crippen LogP contribution in [0.2, 0.25) is 0 Å². The van der Waals surface area contributed by atoms with E-state index in [0.29, 0.717) is 6.42 Å². The first-order valence-electron chi connectivity index (χ1n) is 4.29. The van der Waals surface area contributed by atoms with E-state index in [4.69, 9.17) is 0 Å². The summed E-state index contributed by atoms with van der Waals surface area (Å²) in [4.78, 5) is 16.8. The highest BCUT2D eigenvalue weighted by molar-refractivity contribution is 5.75. The standard InChI is InChI=1S/C10H14N2O/c1-12(2)10(13)6-5-9-4-3-7-11-8-9/h3-4,7-8H,5-6H2,1-2H3. The Hall–Kier alpha value is -1.38. The topological polar surface area (TPSA) is 33.2 Å². The fourth-order valence-corrected chi connectivity index (χ4v) is 1.02. The van der Waals surface area contributed by atoms with E-state index >= 15 is 0 Å². The van der Waals surface area contributed by atoms with Gasteiger partial charge in [-0.2, -0.15) is 0 Å². The number of aromatic nitrogens is 1. The van der Waals surface area contributed by atoms with Crippen molar-refractivity contribution in [3.05, 3.63) is 30.1 Å². The Labute approximate surface area is 78.4 Å². The summed E-state index contributed by atoms with van der Waals surface area (Å²) < 4.78 is 0. The van der Waals surface area contributed by atoms with Gasteiger partial charge in [0.2, 0.25) is 5.91 Å². The van der Waals surface area contributed by atoms with Gasteiger partial charge in [-0.3, -0.25) is 9.78 Å². The van der Waals surface area contributed by atoms with E-state index < -0.39 is 0 Å². The van der Waals surface area contributed by atoms with Crippen molar-refractivity contribution in [1.82, 2.24) is 9.88 Å². The minimum Gasteiger partial charge on any atom is -0.349 e. The number of hydrogen-bond donors (Lipinski definition) is 0. The summed E-state index contributed by atoms with van der Waals surface area (Å²) in [5, 5.41) is 0. The molecule has 0 bridgehead atoms. The highest BCUT2D eigenvalue weighted by atomic mass is 16.2. The van der Waals surface area contributed by atoms with Crippen LogP contribution in [0.1, 0.15) is 12.0 Å². The van der Waals surface area contributed by atoms with E-state index in [9.17, 15) is 4.79 Å². The van der Waals surface area contributed by atoms with Crippen molar-refractivity contribution in [1.29, 1.82) is 0 Å². The molecular formula is C10H14N2O. The number of pyridine rings is 1. The minimum absolute atomic E-state index is 0.156. The van der Waals surface area contributed by atoms with E-state index in [1.807, 2.05) is 12.1 Å². The molecule has 0 aliphatic rings. The summed E-state index contributed by atoms with van der Waals surface area (Å²) in [6.45, 7) is 0. The molecule has 0 fully saturated rings. The molecule has 0 atom stereocenters. The lowest BCUT2D eigenvalue weighted by molar-refractivity contribution is -0.128. The Kier molecular flexibility index (Phi) is 3.43. The number of hydrogen-bond acceptors (Lipinski definition) is 2. The van der Waals surface area contributed by atoms with Gasteiger partial charge in [0.05, 0.1) is 0 Å². The summed E-state index contributed by atoms with van der Waals surface area (Å²) in [6, 6.07) is 3.87. The molecule has 0 aliphatic heterocycles. The van der Waals surface area contributed by atoms with Gasteiger partial charge in [0, 0.05) is 32.9 Å². The normalized spacial score (nSPS) is 9.69. The average Bonchev–Trinajstić information content (AvgIpc) is 2.15. The first-order valence-corrected chi connectivity index (χ1v) is 4.29. The van der Waals surface area contributed by atoms with Crippen LogP contribution in [0.5, 0.6) is 0 Å². The maximum absolute atomic E-state index is 11.2. The molecule has 1 aromatic rings. The molecule has 0 unspecified atom stereocenters. The van der Waals surface area contributed by atoms with Crippen molar-refractivity contribution >= 4 is 5.91 Å². The Bertz CT molecular complexity index is 270. The monoisotopic (exact) mass is 178 g/mol. The minimum atomic E-state index is 0.156. The van der Waals surface area contributed by atoms with E-state index in [2.05, 4.69) is 4.98 Å². The van der Waals surface area contributed by atoms with E-state index in [1.54, 1.807) is 31.4 Å². The molecule has 0 N–H and O–H groups in total. The molecule has 0 saturated carbocycles. The molecule has 0 radical (unpaired) electrons. The molecule has 1 aromatic heterocycles. The molecular weight excluding hydrogens is 164 g/mol. The lowest BCUT2D eigenvalue weighted by atomic mass is 10.1. The summed E-state index contributed by atoms with van der Waals surface area (Å²) in [5.74, 6) is 0.156. The second-order valence-corrected chi connectivity index (χ2v) is 3.15. The van der Waals surface area contributed by atoms with Gasteiger partial charge in [-0.05, 0) is 18.1 Å². The van der Waals surface area contributed by atoms with Crippen molar-refractivity contribution in [3.63, 3.8) is 0 Å². The third-order valence-corrected chi connectivity index (χ3v) is 1.85. The highest BCUT2D eigenvalue weighted by Crippen LogP contribution is 2.01. The van der Waals surface area contributed by atoms with Crippen molar-refractivity contribution < 1.29 is 4.79 Å². The fourth-order valence-electron chi connectivity index (χ4n) is 1.02. The van der Waals surface area contributed by atoms with Gasteiger partial charge in [-0.1, -0.05) is 6.07 Å². The van der Waals surface area contributed by atoms with Crippen LogP contribution < -0.4 is 0 Å². The molecule has 0 aliphatic carbocycles. The number of amides is 1.